The maximum atomic E-state index is 13.4. The number of hydrogen-bond acceptors (Lipinski definition) is 6. The minimum Gasteiger partial charge on any atom is -0.416 e. The van der Waals surface area contributed by atoms with E-state index in [1.54, 1.807) is 6.92 Å². The monoisotopic (exact) mass is 614 g/mol. The van der Waals surface area contributed by atoms with Gasteiger partial charge in [-0.25, -0.2) is 13.4 Å². The number of amides is 1. The first kappa shape index (κ1) is 32.0. The number of nitrogens with zero attached hydrogens (tertiary/aromatic N) is 3. The highest BCUT2D eigenvalue weighted by molar-refractivity contribution is 7.91. The van der Waals surface area contributed by atoms with Gasteiger partial charge in [0.2, 0.25) is 5.88 Å². The summed E-state index contributed by atoms with van der Waals surface area (Å²) in [6.07, 6.45) is -1.67. The van der Waals surface area contributed by atoms with Crippen LogP contribution >= 0.6 is 11.6 Å². The fourth-order valence-corrected chi connectivity index (χ4v) is 6.09. The fraction of sp³-hybridized carbons (Fsp3) is 0.640. The van der Waals surface area contributed by atoms with E-state index in [9.17, 15) is 35.2 Å². The zero-order valence-electron chi connectivity index (χ0n) is 22.5. The van der Waals surface area contributed by atoms with E-state index in [2.05, 4.69) is 20.1 Å². The molecule has 1 N–H and O–H groups in total. The van der Waals surface area contributed by atoms with Crippen LogP contribution in [0.1, 0.15) is 62.6 Å². The lowest BCUT2D eigenvalue weighted by Gasteiger charge is -2.27. The van der Waals surface area contributed by atoms with Crippen LogP contribution in [0.25, 0.3) is 11.3 Å². The summed E-state index contributed by atoms with van der Waals surface area (Å²) in [6, 6.07) is 2.53. The maximum absolute atomic E-state index is 13.4. The van der Waals surface area contributed by atoms with E-state index < -0.39 is 46.2 Å². The van der Waals surface area contributed by atoms with Gasteiger partial charge in [-0.05, 0) is 50.7 Å². The van der Waals surface area contributed by atoms with Crippen LogP contribution in [0.15, 0.2) is 12.1 Å². The molecule has 8 nitrogen and oxygen atoms in total. The van der Waals surface area contributed by atoms with Gasteiger partial charge in [-0.1, -0.05) is 25.4 Å². The number of rotatable bonds is 10. The Balaban J connectivity index is 1.86. The third kappa shape index (κ3) is 7.42. The largest absolute Gasteiger partial charge is 0.416 e. The molecule has 0 aliphatic heterocycles. The van der Waals surface area contributed by atoms with E-state index in [0.29, 0.717) is 25.7 Å². The first-order valence-electron chi connectivity index (χ1n) is 12.7. The highest BCUT2D eigenvalue weighted by atomic mass is 35.5. The Bertz CT molecular complexity index is 1320. The van der Waals surface area contributed by atoms with Crippen molar-refractivity contribution in [3.05, 3.63) is 28.5 Å². The molecule has 0 spiro atoms. The van der Waals surface area contributed by atoms with Crippen molar-refractivity contribution < 1.29 is 39.9 Å². The third-order valence-electron chi connectivity index (χ3n) is 7.12. The minimum atomic E-state index is -4.56. The van der Waals surface area contributed by atoms with Crippen LogP contribution in [0.2, 0.25) is 5.02 Å². The highest BCUT2D eigenvalue weighted by Crippen LogP contribution is 2.42. The van der Waals surface area contributed by atoms with Gasteiger partial charge in [0.05, 0.1) is 26.9 Å². The van der Waals surface area contributed by atoms with Gasteiger partial charge in [0, 0.05) is 31.5 Å². The SMILES string of the molecule is CCn1nc(C(=O)NC[C@H]2CC[C@H](S(C)(=O)=O)CC2)c(Cl)c1-c1ccc(CC(C)(C)C(F)(F)F)nc1OC(F)F. The van der Waals surface area contributed by atoms with Crippen LogP contribution < -0.4 is 10.1 Å². The van der Waals surface area contributed by atoms with E-state index in [4.69, 9.17) is 11.6 Å². The molecule has 0 unspecified atom stereocenters. The van der Waals surface area contributed by atoms with Gasteiger partial charge < -0.3 is 10.1 Å². The summed E-state index contributed by atoms with van der Waals surface area (Å²) in [5.41, 5.74) is -2.49. The molecule has 2 aromatic heterocycles. The number of nitrogens with one attached hydrogen (secondary N) is 1. The molecule has 0 bridgehead atoms. The summed E-state index contributed by atoms with van der Waals surface area (Å²) in [4.78, 5) is 16.9. The molecule has 2 aromatic rings. The van der Waals surface area contributed by atoms with Crippen LogP contribution in [0.4, 0.5) is 22.0 Å². The summed E-state index contributed by atoms with van der Waals surface area (Å²) in [5, 5.41) is 6.42. The zero-order chi connectivity index (χ0) is 30.0. The number of aryl methyl sites for hydroxylation is 1. The van der Waals surface area contributed by atoms with Crippen molar-refractivity contribution in [3.8, 4) is 17.1 Å². The number of carbonyl (C=O) groups excluding carboxylic acids is 1. The second-order valence-corrected chi connectivity index (χ2v) is 13.3. The van der Waals surface area contributed by atoms with Gasteiger partial charge in [-0.3, -0.25) is 9.48 Å². The molecule has 15 heteroatoms. The molecule has 3 rings (SSSR count). The summed E-state index contributed by atoms with van der Waals surface area (Å²) >= 11 is 6.51. The van der Waals surface area contributed by atoms with Gasteiger partial charge in [0.15, 0.2) is 5.69 Å². The molecule has 0 saturated heterocycles. The first-order chi connectivity index (χ1) is 18.4. The Morgan fingerprint density at radius 3 is 2.35 bits per heavy atom. The van der Waals surface area contributed by atoms with Crippen molar-refractivity contribution in [2.75, 3.05) is 12.8 Å². The molecule has 1 amide bonds. The summed E-state index contributed by atoms with van der Waals surface area (Å²) < 4.78 is 96.1. The van der Waals surface area contributed by atoms with Gasteiger partial charge in [-0.15, -0.1) is 0 Å². The summed E-state index contributed by atoms with van der Waals surface area (Å²) in [7, 11) is -3.12. The van der Waals surface area contributed by atoms with Gasteiger partial charge in [-0.2, -0.15) is 27.1 Å². The van der Waals surface area contributed by atoms with Gasteiger partial charge >= 0.3 is 12.8 Å². The normalized spacial score (nSPS) is 18.7. The van der Waals surface area contributed by atoms with Crippen molar-refractivity contribution in [2.45, 2.75) is 77.5 Å². The number of hydrogen-bond donors (Lipinski definition) is 1. The Morgan fingerprint density at radius 2 is 1.82 bits per heavy atom. The third-order valence-corrected chi connectivity index (χ3v) is 9.16. The maximum Gasteiger partial charge on any atom is 0.394 e. The molecule has 40 heavy (non-hydrogen) atoms. The Morgan fingerprint density at radius 1 is 1.20 bits per heavy atom. The molecule has 0 atom stereocenters. The van der Waals surface area contributed by atoms with Crippen molar-refractivity contribution in [2.24, 2.45) is 11.3 Å². The molecular formula is C25H32ClF5N4O4S. The predicted octanol–water partition coefficient (Wildman–Crippen LogP) is 5.68. The van der Waals surface area contributed by atoms with Crippen molar-refractivity contribution in [3.63, 3.8) is 0 Å². The molecule has 224 valence electrons. The molecule has 0 radical (unpaired) electrons. The Kier molecular flexibility index (Phi) is 9.75. The number of sulfone groups is 1. The number of halogens is 6. The lowest BCUT2D eigenvalue weighted by Crippen LogP contribution is -2.34. The lowest BCUT2D eigenvalue weighted by molar-refractivity contribution is -0.211. The quantitative estimate of drug-likeness (QED) is 0.345. The van der Waals surface area contributed by atoms with Gasteiger partial charge in [0.1, 0.15) is 9.84 Å². The summed E-state index contributed by atoms with van der Waals surface area (Å²) in [6.45, 7) is 0.744. The summed E-state index contributed by atoms with van der Waals surface area (Å²) in [5.74, 6) is -1.19. The number of alkyl halides is 5. The van der Waals surface area contributed by atoms with Crippen LogP contribution in [-0.4, -0.2) is 59.9 Å². The second kappa shape index (κ2) is 12.2. The van der Waals surface area contributed by atoms with E-state index in [1.165, 1.54) is 23.1 Å². The zero-order valence-corrected chi connectivity index (χ0v) is 24.1. The Hall–Kier alpha value is -2.48. The van der Waals surface area contributed by atoms with Gasteiger partial charge in [0.25, 0.3) is 5.91 Å². The topological polar surface area (TPSA) is 103 Å². The number of carbonyl (C=O) groups is 1. The standard InChI is InChI=1S/C25H32ClF5N4O4S/c1-5-35-20(17-11-8-15(33-22(17)39-23(27)28)12-24(2,3)25(29,30)31)18(26)19(34-35)21(36)32-13-14-6-9-16(10-7-14)40(4,37)38/h8,11,14,16,23H,5-7,9-10,12-13H2,1-4H3,(H,32,36)/t14-,16-. The van der Waals surface area contributed by atoms with E-state index >= 15 is 0 Å². The van der Waals surface area contributed by atoms with Crippen LogP contribution in [0, 0.1) is 11.3 Å². The Labute approximate surface area is 234 Å². The molecule has 1 saturated carbocycles. The number of pyridine rings is 1. The van der Waals surface area contributed by atoms with E-state index in [1.807, 2.05) is 0 Å². The van der Waals surface area contributed by atoms with Crippen LogP contribution in [0.5, 0.6) is 5.88 Å². The molecule has 1 aliphatic carbocycles. The smallest absolute Gasteiger partial charge is 0.394 e. The van der Waals surface area contributed by atoms with Crippen LogP contribution in [-0.2, 0) is 22.8 Å². The fourth-order valence-electron chi connectivity index (χ4n) is 4.64. The molecule has 1 fully saturated rings. The average molecular weight is 615 g/mol. The molecule has 0 aromatic carbocycles. The average Bonchev–Trinajstić information content (AvgIpc) is 3.17. The lowest BCUT2D eigenvalue weighted by atomic mass is 9.87. The van der Waals surface area contributed by atoms with E-state index in [-0.39, 0.29) is 51.9 Å². The van der Waals surface area contributed by atoms with Crippen molar-refractivity contribution in [1.82, 2.24) is 20.1 Å². The minimum absolute atomic E-state index is 0.0489. The van der Waals surface area contributed by atoms with E-state index in [0.717, 1.165) is 13.8 Å². The molecule has 2 heterocycles. The highest BCUT2D eigenvalue weighted by Gasteiger charge is 2.47. The molecular weight excluding hydrogens is 583 g/mol. The number of ether oxygens (including phenoxy) is 1. The van der Waals surface area contributed by atoms with Crippen molar-refractivity contribution in [1.29, 1.82) is 0 Å². The predicted molar refractivity (Wildman–Crippen MR) is 139 cm³/mol. The number of aromatic nitrogens is 3. The van der Waals surface area contributed by atoms with Crippen molar-refractivity contribution >= 4 is 27.3 Å². The second-order valence-electron chi connectivity index (χ2n) is 10.6. The van der Waals surface area contributed by atoms with Crippen LogP contribution in [0.3, 0.4) is 0 Å². The first-order valence-corrected chi connectivity index (χ1v) is 15.0. The molecule has 1 aliphatic rings.